The van der Waals surface area contributed by atoms with Gasteiger partial charge in [-0.25, -0.2) is 13.4 Å². The van der Waals surface area contributed by atoms with Crippen LogP contribution < -0.4 is 9.46 Å². The van der Waals surface area contributed by atoms with Gasteiger partial charge in [-0.2, -0.15) is 0 Å². The molecule has 3 aliphatic carbocycles. The molecular formula is C41H53N3O8S. The number of pyridine rings is 1. The van der Waals surface area contributed by atoms with Gasteiger partial charge in [-0.3, -0.25) is 23.9 Å². The highest BCUT2D eigenvalue weighted by Gasteiger charge is 2.61. The molecule has 1 aromatic heterocycles. The highest BCUT2D eigenvalue weighted by atomic mass is 32.2. The van der Waals surface area contributed by atoms with Gasteiger partial charge in [-0.05, 0) is 92.2 Å². The number of aryl methyl sites for hydroxylation is 1. The fraction of sp³-hybridized carbons (Fsp3) is 0.634. The van der Waals surface area contributed by atoms with Crippen LogP contribution in [0.2, 0.25) is 0 Å². The first-order chi connectivity index (χ1) is 25.5. The molecule has 4 bridgehead atoms. The summed E-state index contributed by atoms with van der Waals surface area (Å²) >= 11 is 0. The zero-order valence-corrected chi connectivity index (χ0v) is 31.6. The van der Waals surface area contributed by atoms with E-state index < -0.39 is 50.6 Å². The number of fused-ring (bicyclic) bond motifs is 3. The number of nitrogens with zero attached hydrogens (tertiary/aromatic N) is 2. The SMILES string of the molecule is C=C[C@H]1C[C@]1(CC(=O)[C@@H]1C[C@@H]2CN1C(=O)[C@H](C1CCCCC1)CC(=O)OC[C@H](CC)CCCc1ccc3ccnc(c3c1)O2)C(=O)NS(=O)(=O)C1CC1. The van der Waals surface area contributed by atoms with Gasteiger partial charge in [0.25, 0.3) is 0 Å². The number of benzene rings is 1. The molecule has 2 aromatic rings. The number of nitrogens with one attached hydrogen (secondary N) is 1. The number of aromatic nitrogens is 1. The van der Waals surface area contributed by atoms with Crippen LogP contribution in [0.4, 0.5) is 0 Å². The largest absolute Gasteiger partial charge is 0.472 e. The van der Waals surface area contributed by atoms with E-state index in [4.69, 9.17) is 9.47 Å². The summed E-state index contributed by atoms with van der Waals surface area (Å²) in [4.78, 5) is 62.6. The Hall–Kier alpha value is -3.80. The molecule has 3 heterocycles. The number of amides is 2. The summed E-state index contributed by atoms with van der Waals surface area (Å²) in [5, 5.41) is 1.24. The normalized spacial score (nSPS) is 30.2. The molecule has 11 nitrogen and oxygen atoms in total. The molecule has 53 heavy (non-hydrogen) atoms. The number of Topliss-reactive ketones (excluding diaryl/α,β-unsaturated/α-hetero) is 1. The number of cyclic esters (lactones) is 1. The number of hydrogen-bond donors (Lipinski definition) is 1. The summed E-state index contributed by atoms with van der Waals surface area (Å²) in [5.41, 5.74) is -0.111. The molecule has 0 spiro atoms. The molecule has 2 amide bonds. The third-order valence-electron chi connectivity index (χ3n) is 12.6. The third-order valence-corrected chi connectivity index (χ3v) is 14.4. The van der Waals surface area contributed by atoms with E-state index >= 15 is 0 Å². The highest BCUT2D eigenvalue weighted by Crippen LogP contribution is 2.57. The van der Waals surface area contributed by atoms with Gasteiger partial charge < -0.3 is 14.4 Å². The summed E-state index contributed by atoms with van der Waals surface area (Å²) in [6, 6.07) is 7.27. The van der Waals surface area contributed by atoms with E-state index in [9.17, 15) is 27.6 Å². The lowest BCUT2D eigenvalue weighted by Crippen LogP contribution is -2.48. The van der Waals surface area contributed by atoms with Crippen molar-refractivity contribution in [2.75, 3.05) is 13.2 Å². The van der Waals surface area contributed by atoms with Crippen LogP contribution in [0.1, 0.15) is 102 Å². The number of carbonyl (C=O) groups excluding carboxylic acids is 4. The van der Waals surface area contributed by atoms with Crippen molar-refractivity contribution in [2.24, 2.45) is 29.1 Å². The average Bonchev–Trinajstić information content (AvgIpc) is 4.08. The number of hydrogen-bond acceptors (Lipinski definition) is 9. The highest BCUT2D eigenvalue weighted by molar-refractivity contribution is 7.90. The lowest BCUT2D eigenvalue weighted by Gasteiger charge is -2.34. The lowest BCUT2D eigenvalue weighted by atomic mass is 9.77. The number of sulfonamides is 1. The van der Waals surface area contributed by atoms with Crippen molar-refractivity contribution in [1.82, 2.24) is 14.6 Å². The predicted octanol–water partition coefficient (Wildman–Crippen LogP) is 5.84. The van der Waals surface area contributed by atoms with Gasteiger partial charge in [0.15, 0.2) is 5.78 Å². The Balaban J connectivity index is 1.21. The molecule has 1 aromatic carbocycles. The van der Waals surface area contributed by atoms with Crippen LogP contribution in [0.25, 0.3) is 10.8 Å². The van der Waals surface area contributed by atoms with Crippen molar-refractivity contribution in [1.29, 1.82) is 0 Å². The van der Waals surface area contributed by atoms with Crippen LogP contribution >= 0.6 is 0 Å². The van der Waals surface area contributed by atoms with Crippen LogP contribution in [-0.2, 0) is 40.4 Å². The second-order valence-electron chi connectivity index (χ2n) is 16.2. The first kappa shape index (κ1) is 37.5. The number of rotatable bonds is 9. The van der Waals surface area contributed by atoms with Gasteiger partial charge in [-0.1, -0.05) is 50.8 Å². The Morgan fingerprint density at radius 3 is 2.58 bits per heavy atom. The van der Waals surface area contributed by atoms with Crippen molar-refractivity contribution in [2.45, 2.75) is 121 Å². The van der Waals surface area contributed by atoms with Gasteiger partial charge >= 0.3 is 5.97 Å². The van der Waals surface area contributed by atoms with Gasteiger partial charge in [0.2, 0.25) is 27.7 Å². The number of esters is 1. The minimum atomic E-state index is -3.83. The summed E-state index contributed by atoms with van der Waals surface area (Å²) in [6.45, 7) is 6.37. The van der Waals surface area contributed by atoms with E-state index in [1.54, 1.807) is 17.2 Å². The van der Waals surface area contributed by atoms with Crippen molar-refractivity contribution >= 4 is 44.4 Å². The molecule has 5 aliphatic rings. The minimum absolute atomic E-state index is 0.0245. The van der Waals surface area contributed by atoms with Crippen LogP contribution in [0.5, 0.6) is 5.88 Å². The standard InChI is InChI=1S/C41H53N3O8S/c1-3-26-9-8-10-27-13-14-29-17-18-42-38(33(29)19-27)52-31-20-35(36(45)23-41(22-30(41)4-2)40(48)43-53(49,50)32-15-16-32)44(24-31)39(47)34(21-37(46)51-25-26)28-11-6-5-7-12-28/h4,13-14,17-19,26,28,30-32,34-35H,2-3,5-12,15-16,20-25H2,1H3,(H,43,48)/t26-,30+,31-,34+,35+,41-/m1/s1. The van der Waals surface area contributed by atoms with E-state index in [-0.39, 0.29) is 55.3 Å². The van der Waals surface area contributed by atoms with Crippen LogP contribution in [0, 0.1) is 29.1 Å². The topological polar surface area (TPSA) is 149 Å². The minimum Gasteiger partial charge on any atom is -0.472 e. The molecule has 3 saturated carbocycles. The Labute approximate surface area is 312 Å². The monoisotopic (exact) mass is 747 g/mol. The molecule has 0 unspecified atom stereocenters. The zero-order chi connectivity index (χ0) is 37.3. The molecule has 6 atom stereocenters. The maximum absolute atomic E-state index is 14.8. The van der Waals surface area contributed by atoms with E-state index in [2.05, 4.69) is 41.4 Å². The Bertz CT molecular complexity index is 1850. The van der Waals surface area contributed by atoms with Gasteiger partial charge in [0.1, 0.15) is 6.10 Å². The number of carbonyl (C=O) groups is 4. The molecule has 4 fully saturated rings. The molecule has 1 N–H and O–H groups in total. The molecule has 286 valence electrons. The average molecular weight is 748 g/mol. The van der Waals surface area contributed by atoms with Gasteiger partial charge in [-0.15, -0.1) is 6.58 Å². The van der Waals surface area contributed by atoms with Crippen LogP contribution in [0.15, 0.2) is 43.1 Å². The number of ether oxygens (including phenoxy) is 2. The van der Waals surface area contributed by atoms with Gasteiger partial charge in [0, 0.05) is 24.4 Å². The maximum atomic E-state index is 14.8. The van der Waals surface area contributed by atoms with E-state index in [1.165, 1.54) is 0 Å². The Morgan fingerprint density at radius 2 is 1.87 bits per heavy atom. The summed E-state index contributed by atoms with van der Waals surface area (Å²) in [7, 11) is -3.83. The van der Waals surface area contributed by atoms with E-state index in [1.807, 2.05) is 6.07 Å². The second-order valence-corrected chi connectivity index (χ2v) is 18.2. The zero-order valence-electron chi connectivity index (χ0n) is 30.8. The van der Waals surface area contributed by atoms with E-state index in [0.717, 1.165) is 74.1 Å². The first-order valence-corrected chi connectivity index (χ1v) is 21.3. The first-order valence-electron chi connectivity index (χ1n) is 19.7. The predicted molar refractivity (Wildman–Crippen MR) is 199 cm³/mol. The summed E-state index contributed by atoms with van der Waals surface area (Å²) in [6.07, 6.45) is 12.1. The third kappa shape index (κ3) is 8.17. The smallest absolute Gasteiger partial charge is 0.306 e. The quantitative estimate of drug-likeness (QED) is 0.247. The van der Waals surface area contributed by atoms with Gasteiger partial charge in [0.05, 0.1) is 42.2 Å². The summed E-state index contributed by atoms with van der Waals surface area (Å²) < 4.78 is 40.3. The van der Waals surface area contributed by atoms with Crippen molar-refractivity contribution in [3.05, 3.63) is 48.7 Å². The van der Waals surface area contributed by atoms with Crippen molar-refractivity contribution < 1.29 is 37.1 Å². The molecule has 1 saturated heterocycles. The van der Waals surface area contributed by atoms with Crippen LogP contribution in [0.3, 0.4) is 0 Å². The number of ketones is 1. The number of allylic oxidation sites excluding steroid dienone is 1. The van der Waals surface area contributed by atoms with Crippen LogP contribution in [-0.4, -0.2) is 72.4 Å². The fourth-order valence-electron chi connectivity index (χ4n) is 8.99. The second kappa shape index (κ2) is 15.5. The maximum Gasteiger partial charge on any atom is 0.306 e. The molecule has 2 aliphatic heterocycles. The fourth-order valence-corrected chi connectivity index (χ4v) is 10.4. The molecule has 7 rings (SSSR count). The Kier molecular flexibility index (Phi) is 11.0. The Morgan fingerprint density at radius 1 is 1.08 bits per heavy atom. The van der Waals surface area contributed by atoms with Crippen molar-refractivity contribution in [3.8, 4) is 5.88 Å². The molecule has 12 heteroatoms. The van der Waals surface area contributed by atoms with Crippen molar-refractivity contribution in [3.63, 3.8) is 0 Å². The summed E-state index contributed by atoms with van der Waals surface area (Å²) in [5.74, 6) is -2.10. The lowest BCUT2D eigenvalue weighted by molar-refractivity contribution is -0.153. The molecular weight excluding hydrogens is 695 g/mol. The van der Waals surface area contributed by atoms with E-state index in [0.29, 0.717) is 31.7 Å². The molecule has 0 radical (unpaired) electrons.